The topological polar surface area (TPSA) is 17.8 Å². The van der Waals surface area contributed by atoms with Gasteiger partial charge in [0.25, 0.3) is 0 Å². The van der Waals surface area contributed by atoms with E-state index in [9.17, 15) is 8.78 Å². The Labute approximate surface area is 129 Å². The second-order valence-corrected chi connectivity index (χ2v) is 5.74. The van der Waals surface area contributed by atoms with Gasteiger partial charge in [-0.3, -0.25) is 4.57 Å². The third-order valence-electron chi connectivity index (χ3n) is 3.15. The average molecular weight is 327 g/mol. The molecule has 21 heavy (non-hydrogen) atoms. The zero-order chi connectivity index (χ0) is 15.1. The maximum absolute atomic E-state index is 14.1. The highest BCUT2D eigenvalue weighted by atomic mass is 35.5. The molecule has 1 heterocycles. The first-order valence-corrected chi connectivity index (χ1v) is 7.06. The standard InChI is InChI=1S/C15H10Cl2F2N2/c1-8(16)15-20-12-5-2-9(17)6-14(12)21(15)13-7-10(18)3-4-11(13)19/h2-8H,1H3. The number of hydrogen-bond donors (Lipinski definition) is 0. The minimum absolute atomic E-state index is 0.0577. The Morgan fingerprint density at radius 2 is 1.90 bits per heavy atom. The van der Waals surface area contributed by atoms with Gasteiger partial charge in [-0.25, -0.2) is 13.8 Å². The van der Waals surface area contributed by atoms with E-state index in [-0.39, 0.29) is 5.69 Å². The average Bonchev–Trinajstić information content (AvgIpc) is 2.80. The summed E-state index contributed by atoms with van der Waals surface area (Å²) in [4.78, 5) is 4.38. The van der Waals surface area contributed by atoms with E-state index in [1.165, 1.54) is 4.57 Å². The van der Waals surface area contributed by atoms with E-state index in [4.69, 9.17) is 23.2 Å². The number of nitrogens with zero attached hydrogens (tertiary/aromatic N) is 2. The van der Waals surface area contributed by atoms with Crippen molar-refractivity contribution in [2.45, 2.75) is 12.3 Å². The molecule has 0 spiro atoms. The zero-order valence-electron chi connectivity index (χ0n) is 10.9. The maximum atomic E-state index is 14.1. The van der Waals surface area contributed by atoms with Gasteiger partial charge in [0.15, 0.2) is 0 Å². The van der Waals surface area contributed by atoms with Gasteiger partial charge in [0.05, 0.1) is 22.1 Å². The number of rotatable bonds is 2. The summed E-state index contributed by atoms with van der Waals surface area (Å²) in [6.45, 7) is 1.72. The number of imidazole rings is 1. The van der Waals surface area contributed by atoms with E-state index in [1.54, 1.807) is 25.1 Å². The van der Waals surface area contributed by atoms with Gasteiger partial charge >= 0.3 is 0 Å². The van der Waals surface area contributed by atoms with Crippen LogP contribution in [0.2, 0.25) is 5.02 Å². The molecule has 0 radical (unpaired) electrons. The fourth-order valence-corrected chi connectivity index (χ4v) is 2.56. The monoisotopic (exact) mass is 326 g/mol. The van der Waals surface area contributed by atoms with Gasteiger partial charge in [0.2, 0.25) is 0 Å². The third kappa shape index (κ3) is 2.49. The van der Waals surface area contributed by atoms with E-state index >= 15 is 0 Å². The molecular formula is C15H10Cl2F2N2. The maximum Gasteiger partial charge on any atom is 0.147 e. The Morgan fingerprint density at radius 1 is 1.14 bits per heavy atom. The summed E-state index contributed by atoms with van der Waals surface area (Å²) in [5.74, 6) is -0.670. The van der Waals surface area contributed by atoms with Crippen molar-refractivity contribution in [3.63, 3.8) is 0 Å². The van der Waals surface area contributed by atoms with Gasteiger partial charge in [-0.1, -0.05) is 11.6 Å². The summed E-state index contributed by atoms with van der Waals surface area (Å²) < 4.78 is 29.1. The normalized spacial score (nSPS) is 12.8. The second kappa shape index (κ2) is 5.28. The molecule has 0 aliphatic rings. The summed E-state index contributed by atoms with van der Waals surface area (Å²) in [5.41, 5.74) is 1.25. The predicted molar refractivity (Wildman–Crippen MR) is 80.3 cm³/mol. The van der Waals surface area contributed by atoms with Crippen LogP contribution in [-0.2, 0) is 0 Å². The zero-order valence-corrected chi connectivity index (χ0v) is 12.5. The number of fused-ring (bicyclic) bond motifs is 1. The summed E-state index contributed by atoms with van der Waals surface area (Å²) in [6, 6.07) is 8.30. The van der Waals surface area contributed by atoms with Gasteiger partial charge in [0.1, 0.15) is 17.5 Å². The Bertz CT molecular complexity index is 828. The van der Waals surface area contributed by atoms with Crippen LogP contribution in [0.15, 0.2) is 36.4 Å². The summed E-state index contributed by atoms with van der Waals surface area (Å²) in [6.07, 6.45) is 0. The van der Waals surface area contributed by atoms with E-state index in [2.05, 4.69) is 4.98 Å². The highest BCUT2D eigenvalue weighted by molar-refractivity contribution is 6.31. The van der Waals surface area contributed by atoms with Crippen LogP contribution in [0, 0.1) is 11.6 Å². The molecule has 0 fully saturated rings. The van der Waals surface area contributed by atoms with Crippen molar-refractivity contribution in [2.24, 2.45) is 0 Å². The Kier molecular flexibility index (Phi) is 3.59. The van der Waals surface area contributed by atoms with Gasteiger partial charge in [-0.05, 0) is 37.3 Å². The van der Waals surface area contributed by atoms with Crippen LogP contribution in [0.3, 0.4) is 0 Å². The molecule has 108 valence electrons. The molecule has 0 N–H and O–H groups in total. The second-order valence-electron chi connectivity index (χ2n) is 4.65. The molecule has 3 rings (SSSR count). The molecule has 0 aliphatic carbocycles. The van der Waals surface area contributed by atoms with E-state index in [0.717, 1.165) is 18.2 Å². The lowest BCUT2D eigenvalue weighted by Crippen LogP contribution is -2.04. The highest BCUT2D eigenvalue weighted by Crippen LogP contribution is 2.31. The van der Waals surface area contributed by atoms with E-state index in [1.807, 2.05) is 0 Å². The van der Waals surface area contributed by atoms with Crippen molar-refractivity contribution in [2.75, 3.05) is 0 Å². The fourth-order valence-electron chi connectivity index (χ4n) is 2.24. The molecule has 0 bridgehead atoms. The van der Waals surface area contributed by atoms with Gasteiger partial charge < -0.3 is 0 Å². The van der Waals surface area contributed by atoms with Crippen molar-refractivity contribution in [3.05, 3.63) is 58.9 Å². The van der Waals surface area contributed by atoms with Gasteiger partial charge in [-0.2, -0.15) is 0 Å². The first kappa shape index (κ1) is 14.3. The van der Waals surface area contributed by atoms with Crippen LogP contribution in [0.5, 0.6) is 0 Å². The number of alkyl halides is 1. The molecule has 0 saturated heterocycles. The molecule has 0 aliphatic heterocycles. The van der Waals surface area contributed by atoms with Crippen molar-refractivity contribution in [3.8, 4) is 5.69 Å². The SMILES string of the molecule is CC(Cl)c1nc2ccc(Cl)cc2n1-c1cc(F)ccc1F. The highest BCUT2D eigenvalue weighted by Gasteiger charge is 2.19. The Balaban J connectivity index is 2.41. The molecule has 0 saturated carbocycles. The quantitative estimate of drug-likeness (QED) is 0.587. The van der Waals surface area contributed by atoms with Crippen molar-refractivity contribution in [1.82, 2.24) is 9.55 Å². The minimum Gasteiger partial charge on any atom is -0.292 e. The molecule has 3 aromatic rings. The fraction of sp³-hybridized carbons (Fsp3) is 0.133. The lowest BCUT2D eigenvalue weighted by atomic mass is 10.2. The third-order valence-corrected chi connectivity index (χ3v) is 3.58. The summed E-state index contributed by atoms with van der Waals surface area (Å²) in [7, 11) is 0. The van der Waals surface area contributed by atoms with Crippen LogP contribution in [0.4, 0.5) is 8.78 Å². The Morgan fingerprint density at radius 3 is 2.62 bits per heavy atom. The molecule has 0 amide bonds. The number of hydrogen-bond acceptors (Lipinski definition) is 1. The molecule has 6 heteroatoms. The lowest BCUT2D eigenvalue weighted by Gasteiger charge is -2.11. The van der Waals surface area contributed by atoms with Crippen molar-refractivity contribution < 1.29 is 8.78 Å². The molecular weight excluding hydrogens is 317 g/mol. The van der Waals surface area contributed by atoms with Crippen LogP contribution >= 0.6 is 23.2 Å². The van der Waals surface area contributed by atoms with E-state index in [0.29, 0.717) is 21.9 Å². The summed E-state index contributed by atoms with van der Waals surface area (Å²) >= 11 is 12.1. The molecule has 2 aromatic carbocycles. The number of aromatic nitrogens is 2. The molecule has 1 atom stereocenters. The summed E-state index contributed by atoms with van der Waals surface area (Å²) in [5, 5.41) is 0.00748. The van der Waals surface area contributed by atoms with Crippen LogP contribution in [0.25, 0.3) is 16.7 Å². The van der Waals surface area contributed by atoms with Gasteiger partial charge in [0, 0.05) is 11.1 Å². The van der Waals surface area contributed by atoms with Crippen molar-refractivity contribution >= 4 is 34.2 Å². The minimum atomic E-state index is -0.561. The van der Waals surface area contributed by atoms with Gasteiger partial charge in [-0.15, -0.1) is 11.6 Å². The van der Waals surface area contributed by atoms with Crippen LogP contribution in [0.1, 0.15) is 18.1 Å². The number of halogens is 4. The smallest absolute Gasteiger partial charge is 0.147 e. The molecule has 2 nitrogen and oxygen atoms in total. The molecule has 1 unspecified atom stereocenters. The van der Waals surface area contributed by atoms with Crippen LogP contribution in [-0.4, -0.2) is 9.55 Å². The Hall–Kier alpha value is -1.65. The lowest BCUT2D eigenvalue weighted by molar-refractivity contribution is 0.591. The molecule has 1 aromatic heterocycles. The predicted octanol–water partition coefficient (Wildman–Crippen LogP) is 5.26. The first-order valence-electron chi connectivity index (χ1n) is 6.25. The van der Waals surface area contributed by atoms with Crippen molar-refractivity contribution in [1.29, 1.82) is 0 Å². The van der Waals surface area contributed by atoms with Crippen LogP contribution < -0.4 is 0 Å². The largest absolute Gasteiger partial charge is 0.292 e. The first-order chi connectivity index (χ1) is 9.97. The van der Waals surface area contributed by atoms with E-state index < -0.39 is 17.0 Å². The number of benzene rings is 2.